The van der Waals surface area contributed by atoms with Gasteiger partial charge in [-0.1, -0.05) is 27.7 Å². The van der Waals surface area contributed by atoms with E-state index in [4.69, 9.17) is 5.11 Å². The van der Waals surface area contributed by atoms with Crippen LogP contribution < -0.4 is 10.6 Å². The van der Waals surface area contributed by atoms with Gasteiger partial charge in [0.05, 0.1) is 6.42 Å². The minimum Gasteiger partial charge on any atom is -0.481 e. The minimum absolute atomic E-state index is 0.0640. The van der Waals surface area contributed by atoms with Crippen LogP contribution in [0.3, 0.4) is 0 Å². The van der Waals surface area contributed by atoms with Gasteiger partial charge >= 0.3 is 5.97 Å². The Bertz CT molecular complexity index is 387. The summed E-state index contributed by atoms with van der Waals surface area (Å²) in [5.41, 5.74) is 0. The molecule has 0 rings (SSSR count). The Morgan fingerprint density at radius 2 is 1.29 bits per heavy atom. The molecule has 7 nitrogen and oxygen atoms in total. The maximum Gasteiger partial charge on any atom is 0.305 e. The van der Waals surface area contributed by atoms with Crippen LogP contribution >= 0.6 is 0 Å². The van der Waals surface area contributed by atoms with Crippen molar-refractivity contribution in [3.05, 3.63) is 0 Å². The summed E-state index contributed by atoms with van der Waals surface area (Å²) in [4.78, 5) is 35.9. The minimum atomic E-state index is -0.948. The van der Waals surface area contributed by atoms with Gasteiger partial charge in [0.1, 0.15) is 0 Å². The molecule has 0 bridgehead atoms. The first-order valence-electron chi connectivity index (χ1n) is 8.68. The number of hydrogen-bond donors (Lipinski definition) is 3. The van der Waals surface area contributed by atoms with Crippen LogP contribution in [0.4, 0.5) is 0 Å². The molecule has 0 aromatic rings. The zero-order chi connectivity index (χ0) is 18.5. The standard InChI is InChI=1S/C17H33N3O4/c1-13(2)11-20(12-14(3)4)10-7-16(22)18-8-5-15(21)19-9-6-17(23)24/h13-14H,5-12H2,1-4H3,(H,18,22)(H,19,21)(H,23,24). The normalized spacial score (nSPS) is 11.1. The molecule has 0 radical (unpaired) electrons. The second-order valence-corrected chi connectivity index (χ2v) is 6.89. The molecule has 0 aliphatic heterocycles. The number of carboxylic acids is 1. The number of amides is 2. The average molecular weight is 343 g/mol. The van der Waals surface area contributed by atoms with Gasteiger partial charge in [-0.05, 0) is 11.8 Å². The lowest BCUT2D eigenvalue weighted by Gasteiger charge is -2.25. The van der Waals surface area contributed by atoms with E-state index >= 15 is 0 Å². The van der Waals surface area contributed by atoms with E-state index < -0.39 is 5.97 Å². The molecule has 2 amide bonds. The molecule has 24 heavy (non-hydrogen) atoms. The zero-order valence-electron chi connectivity index (χ0n) is 15.4. The summed E-state index contributed by atoms with van der Waals surface area (Å²) in [6, 6.07) is 0. The highest BCUT2D eigenvalue weighted by Gasteiger charge is 2.12. The number of hydrogen-bond acceptors (Lipinski definition) is 4. The molecule has 0 fully saturated rings. The molecule has 0 unspecified atom stereocenters. The van der Waals surface area contributed by atoms with E-state index in [-0.39, 0.29) is 37.7 Å². The van der Waals surface area contributed by atoms with E-state index in [1.807, 2.05) is 0 Å². The van der Waals surface area contributed by atoms with Crippen molar-refractivity contribution in [1.82, 2.24) is 15.5 Å². The number of nitrogens with zero attached hydrogens (tertiary/aromatic N) is 1. The van der Waals surface area contributed by atoms with Crippen molar-refractivity contribution in [3.8, 4) is 0 Å². The molecular formula is C17H33N3O4. The number of carbonyl (C=O) groups excluding carboxylic acids is 2. The Labute approximate surface area is 145 Å². The second kappa shape index (κ2) is 12.8. The molecule has 0 aromatic carbocycles. The van der Waals surface area contributed by atoms with Gasteiger partial charge in [0.15, 0.2) is 0 Å². The number of carbonyl (C=O) groups is 3. The maximum absolute atomic E-state index is 11.9. The van der Waals surface area contributed by atoms with Crippen molar-refractivity contribution in [2.24, 2.45) is 11.8 Å². The van der Waals surface area contributed by atoms with E-state index in [1.165, 1.54) is 0 Å². The lowest BCUT2D eigenvalue weighted by molar-refractivity contribution is -0.137. The van der Waals surface area contributed by atoms with Crippen molar-refractivity contribution in [2.45, 2.75) is 47.0 Å². The van der Waals surface area contributed by atoms with Crippen LogP contribution in [-0.4, -0.2) is 60.5 Å². The summed E-state index contributed by atoms with van der Waals surface area (Å²) < 4.78 is 0. The molecule has 0 aliphatic carbocycles. The Balaban J connectivity index is 3.90. The number of nitrogens with one attached hydrogen (secondary N) is 2. The van der Waals surface area contributed by atoms with E-state index in [2.05, 4.69) is 43.2 Å². The highest BCUT2D eigenvalue weighted by Crippen LogP contribution is 2.04. The molecule has 140 valence electrons. The van der Waals surface area contributed by atoms with Gasteiger partial charge in [-0.3, -0.25) is 14.4 Å². The first-order chi connectivity index (χ1) is 11.2. The van der Waals surface area contributed by atoms with Crippen LogP contribution in [0, 0.1) is 11.8 Å². The van der Waals surface area contributed by atoms with Crippen LogP contribution in [0.25, 0.3) is 0 Å². The zero-order valence-corrected chi connectivity index (χ0v) is 15.4. The fourth-order valence-corrected chi connectivity index (χ4v) is 2.35. The third-order valence-corrected chi connectivity index (χ3v) is 3.24. The highest BCUT2D eigenvalue weighted by molar-refractivity contribution is 5.79. The smallest absolute Gasteiger partial charge is 0.305 e. The molecule has 0 saturated carbocycles. The third kappa shape index (κ3) is 14.0. The fourth-order valence-electron chi connectivity index (χ4n) is 2.35. The first kappa shape index (κ1) is 22.4. The summed E-state index contributed by atoms with van der Waals surface area (Å²) in [7, 11) is 0. The van der Waals surface area contributed by atoms with Gasteiger partial charge in [-0.2, -0.15) is 0 Å². The van der Waals surface area contributed by atoms with Gasteiger partial charge in [-0.15, -0.1) is 0 Å². The summed E-state index contributed by atoms with van der Waals surface area (Å²) in [5, 5.41) is 13.7. The number of rotatable bonds is 13. The average Bonchev–Trinajstić information content (AvgIpc) is 2.43. The van der Waals surface area contributed by atoms with Crippen molar-refractivity contribution in [2.75, 3.05) is 32.7 Å². The van der Waals surface area contributed by atoms with Crippen molar-refractivity contribution in [1.29, 1.82) is 0 Å². The Kier molecular flexibility index (Phi) is 11.9. The first-order valence-corrected chi connectivity index (χ1v) is 8.68. The van der Waals surface area contributed by atoms with Crippen molar-refractivity contribution in [3.63, 3.8) is 0 Å². The van der Waals surface area contributed by atoms with Crippen LogP contribution in [0.5, 0.6) is 0 Å². The Morgan fingerprint density at radius 3 is 1.75 bits per heavy atom. The van der Waals surface area contributed by atoms with E-state index in [1.54, 1.807) is 0 Å². The van der Waals surface area contributed by atoms with E-state index in [0.717, 1.165) is 13.1 Å². The van der Waals surface area contributed by atoms with Crippen molar-refractivity contribution < 1.29 is 19.5 Å². The molecule has 7 heteroatoms. The molecule has 0 spiro atoms. The van der Waals surface area contributed by atoms with E-state index in [9.17, 15) is 14.4 Å². The highest BCUT2D eigenvalue weighted by atomic mass is 16.4. The Morgan fingerprint density at radius 1 is 0.833 bits per heavy atom. The molecular weight excluding hydrogens is 310 g/mol. The monoisotopic (exact) mass is 343 g/mol. The van der Waals surface area contributed by atoms with Crippen LogP contribution in [0.2, 0.25) is 0 Å². The van der Waals surface area contributed by atoms with Crippen LogP contribution in [-0.2, 0) is 14.4 Å². The van der Waals surface area contributed by atoms with Crippen LogP contribution in [0.1, 0.15) is 47.0 Å². The second-order valence-electron chi connectivity index (χ2n) is 6.89. The molecule has 0 heterocycles. The van der Waals surface area contributed by atoms with Gasteiger partial charge in [0.2, 0.25) is 11.8 Å². The van der Waals surface area contributed by atoms with Gasteiger partial charge in [0.25, 0.3) is 0 Å². The summed E-state index contributed by atoms with van der Waals surface area (Å²) in [6.45, 7) is 11.7. The molecule has 0 aromatic heterocycles. The number of carboxylic acid groups (broad SMARTS) is 1. The predicted molar refractivity (Wildman–Crippen MR) is 93.6 cm³/mol. The quantitative estimate of drug-likeness (QED) is 0.465. The largest absolute Gasteiger partial charge is 0.481 e. The topological polar surface area (TPSA) is 98.7 Å². The van der Waals surface area contributed by atoms with Gasteiger partial charge in [0, 0.05) is 45.6 Å². The molecule has 0 saturated heterocycles. The number of aliphatic carboxylic acids is 1. The molecule has 0 aliphatic rings. The third-order valence-electron chi connectivity index (χ3n) is 3.24. The molecule has 3 N–H and O–H groups in total. The Hall–Kier alpha value is -1.63. The lowest BCUT2D eigenvalue weighted by Crippen LogP contribution is -2.36. The summed E-state index contributed by atoms with van der Waals surface area (Å²) in [6.07, 6.45) is 0.479. The summed E-state index contributed by atoms with van der Waals surface area (Å²) in [5.74, 6) is -0.151. The fraction of sp³-hybridized carbons (Fsp3) is 0.824. The maximum atomic E-state index is 11.9. The van der Waals surface area contributed by atoms with Gasteiger partial charge in [-0.25, -0.2) is 0 Å². The predicted octanol–water partition coefficient (Wildman–Crippen LogP) is 1.09. The van der Waals surface area contributed by atoms with Crippen molar-refractivity contribution >= 4 is 17.8 Å². The SMILES string of the molecule is CC(C)CN(CCC(=O)NCCC(=O)NCCC(=O)O)CC(C)C. The molecule has 0 atom stereocenters. The van der Waals surface area contributed by atoms with E-state index in [0.29, 0.717) is 24.8 Å². The van der Waals surface area contributed by atoms with Gasteiger partial charge < -0.3 is 20.6 Å². The summed E-state index contributed by atoms with van der Waals surface area (Å²) >= 11 is 0. The van der Waals surface area contributed by atoms with Crippen LogP contribution in [0.15, 0.2) is 0 Å². The lowest BCUT2D eigenvalue weighted by atomic mass is 10.1.